The molecule has 0 aliphatic heterocycles. The van der Waals surface area contributed by atoms with Crippen LogP contribution in [-0.2, 0) is 0 Å². The van der Waals surface area contributed by atoms with Crippen LogP contribution in [0.4, 0.5) is 5.95 Å². The Balaban J connectivity index is 2.13. The second kappa shape index (κ2) is 4.39. The maximum Gasteiger partial charge on any atom is 0.201 e. The molecule has 19 heavy (non-hydrogen) atoms. The van der Waals surface area contributed by atoms with Gasteiger partial charge in [-0.3, -0.25) is 4.98 Å². The average Bonchev–Trinajstić information content (AvgIpc) is 2.74. The van der Waals surface area contributed by atoms with Gasteiger partial charge in [0.05, 0.1) is 17.8 Å². The van der Waals surface area contributed by atoms with E-state index in [0.717, 1.165) is 11.0 Å². The van der Waals surface area contributed by atoms with Crippen LogP contribution < -0.4 is 5.73 Å². The smallest absolute Gasteiger partial charge is 0.201 e. The number of pyridine rings is 1. The van der Waals surface area contributed by atoms with Crippen molar-refractivity contribution >= 4 is 17.0 Å². The fourth-order valence-corrected chi connectivity index (χ4v) is 2.37. The highest BCUT2D eigenvalue weighted by Gasteiger charge is 2.15. The molecule has 0 fully saturated rings. The molecule has 3 aromatic rings. The average molecular weight is 252 g/mol. The summed E-state index contributed by atoms with van der Waals surface area (Å²) in [4.78, 5) is 8.44. The van der Waals surface area contributed by atoms with Crippen molar-refractivity contribution in [3.8, 4) is 0 Å². The van der Waals surface area contributed by atoms with Crippen LogP contribution in [0.25, 0.3) is 11.0 Å². The van der Waals surface area contributed by atoms with Crippen molar-refractivity contribution in [2.24, 2.45) is 0 Å². The lowest BCUT2D eigenvalue weighted by Crippen LogP contribution is -2.10. The quantitative estimate of drug-likeness (QED) is 0.763. The number of imidazole rings is 1. The molecular weight excluding hydrogens is 236 g/mol. The Hall–Kier alpha value is -2.36. The molecule has 0 radical (unpaired) electrons. The Morgan fingerprint density at radius 2 is 1.89 bits per heavy atom. The van der Waals surface area contributed by atoms with Crippen molar-refractivity contribution in [1.29, 1.82) is 0 Å². The number of hydrogen-bond acceptors (Lipinski definition) is 3. The summed E-state index contributed by atoms with van der Waals surface area (Å²) in [6.45, 7) is 4.21. The van der Waals surface area contributed by atoms with Gasteiger partial charge in [-0.25, -0.2) is 4.98 Å². The van der Waals surface area contributed by atoms with E-state index in [4.69, 9.17) is 5.73 Å². The Labute approximate surface area is 111 Å². The molecule has 0 amide bonds. The third-order valence-electron chi connectivity index (χ3n) is 3.47. The van der Waals surface area contributed by atoms with Gasteiger partial charge in [0.25, 0.3) is 0 Å². The highest BCUT2D eigenvalue weighted by molar-refractivity contribution is 5.77. The minimum atomic E-state index is 0.146. The van der Waals surface area contributed by atoms with E-state index in [0.29, 0.717) is 5.95 Å². The van der Waals surface area contributed by atoms with Gasteiger partial charge in [-0.2, -0.15) is 0 Å². The lowest BCUT2D eigenvalue weighted by atomic mass is 10.1. The van der Waals surface area contributed by atoms with E-state index in [1.165, 1.54) is 11.1 Å². The molecule has 4 heteroatoms. The molecule has 2 heterocycles. The predicted molar refractivity (Wildman–Crippen MR) is 76.9 cm³/mol. The summed E-state index contributed by atoms with van der Waals surface area (Å²) >= 11 is 0. The maximum atomic E-state index is 6.05. The molecular formula is C15H16N4. The third-order valence-corrected chi connectivity index (χ3v) is 3.47. The second-order valence-electron chi connectivity index (χ2n) is 4.79. The van der Waals surface area contributed by atoms with Gasteiger partial charge in [0.15, 0.2) is 0 Å². The SMILES string of the molecule is Cc1ccc(C(C)n2c(N)nc3cnccc32)cc1. The van der Waals surface area contributed by atoms with Crippen molar-refractivity contribution in [3.05, 3.63) is 53.9 Å². The van der Waals surface area contributed by atoms with Gasteiger partial charge in [0.1, 0.15) is 5.52 Å². The van der Waals surface area contributed by atoms with Gasteiger partial charge in [0.2, 0.25) is 5.95 Å². The third kappa shape index (κ3) is 1.95. The van der Waals surface area contributed by atoms with Crippen molar-refractivity contribution < 1.29 is 0 Å². The number of aromatic nitrogens is 3. The summed E-state index contributed by atoms with van der Waals surface area (Å²) in [5.74, 6) is 0.524. The van der Waals surface area contributed by atoms with E-state index < -0.39 is 0 Å². The first-order valence-electron chi connectivity index (χ1n) is 6.31. The van der Waals surface area contributed by atoms with Crippen LogP contribution >= 0.6 is 0 Å². The Morgan fingerprint density at radius 1 is 1.16 bits per heavy atom. The fourth-order valence-electron chi connectivity index (χ4n) is 2.37. The van der Waals surface area contributed by atoms with E-state index in [1.807, 2.05) is 10.6 Å². The van der Waals surface area contributed by atoms with Gasteiger partial charge in [0, 0.05) is 6.20 Å². The summed E-state index contributed by atoms with van der Waals surface area (Å²) in [6.07, 6.45) is 3.51. The van der Waals surface area contributed by atoms with Crippen molar-refractivity contribution in [1.82, 2.24) is 14.5 Å². The van der Waals surface area contributed by atoms with E-state index in [-0.39, 0.29) is 6.04 Å². The summed E-state index contributed by atoms with van der Waals surface area (Å²) in [6, 6.07) is 10.6. The van der Waals surface area contributed by atoms with Gasteiger partial charge in [-0.15, -0.1) is 0 Å². The highest BCUT2D eigenvalue weighted by Crippen LogP contribution is 2.26. The summed E-state index contributed by atoms with van der Waals surface area (Å²) in [5.41, 5.74) is 10.4. The maximum absolute atomic E-state index is 6.05. The number of hydrogen-bond donors (Lipinski definition) is 1. The standard InChI is InChI=1S/C15H16N4/c1-10-3-5-12(6-4-10)11(2)19-14-7-8-17-9-13(14)18-15(19)16/h3-9,11H,1-2H3,(H2,16,18). The first-order chi connectivity index (χ1) is 9.16. The molecule has 0 saturated heterocycles. The highest BCUT2D eigenvalue weighted by atomic mass is 15.2. The van der Waals surface area contributed by atoms with Crippen LogP contribution in [0.3, 0.4) is 0 Å². The minimum absolute atomic E-state index is 0.146. The monoisotopic (exact) mass is 252 g/mol. The molecule has 1 atom stereocenters. The van der Waals surface area contributed by atoms with Gasteiger partial charge < -0.3 is 10.3 Å². The Bertz CT molecular complexity index is 713. The van der Waals surface area contributed by atoms with Crippen LogP contribution in [0.2, 0.25) is 0 Å². The number of anilines is 1. The van der Waals surface area contributed by atoms with Crippen molar-refractivity contribution in [2.75, 3.05) is 5.73 Å². The first kappa shape index (κ1) is 11.7. The first-order valence-corrected chi connectivity index (χ1v) is 6.31. The van der Waals surface area contributed by atoms with Gasteiger partial charge in [-0.05, 0) is 25.5 Å². The van der Waals surface area contributed by atoms with E-state index in [1.54, 1.807) is 12.4 Å². The van der Waals surface area contributed by atoms with E-state index in [2.05, 4.69) is 48.1 Å². The number of nitrogen functional groups attached to an aromatic ring is 1. The minimum Gasteiger partial charge on any atom is -0.369 e. The predicted octanol–water partition coefficient (Wildman–Crippen LogP) is 2.93. The molecule has 0 saturated carbocycles. The number of nitrogens with two attached hydrogens (primary N) is 1. The lowest BCUT2D eigenvalue weighted by molar-refractivity contribution is 0.667. The van der Waals surface area contributed by atoms with E-state index >= 15 is 0 Å². The van der Waals surface area contributed by atoms with Crippen molar-refractivity contribution in [3.63, 3.8) is 0 Å². The second-order valence-corrected chi connectivity index (χ2v) is 4.79. The molecule has 3 rings (SSSR count). The number of rotatable bonds is 2. The lowest BCUT2D eigenvalue weighted by Gasteiger charge is -2.16. The molecule has 1 aromatic carbocycles. The molecule has 0 aliphatic carbocycles. The number of fused-ring (bicyclic) bond motifs is 1. The molecule has 4 nitrogen and oxygen atoms in total. The molecule has 0 spiro atoms. The van der Waals surface area contributed by atoms with Crippen LogP contribution in [0.1, 0.15) is 24.1 Å². The topological polar surface area (TPSA) is 56.7 Å². The number of benzene rings is 1. The molecule has 2 N–H and O–H groups in total. The molecule has 0 bridgehead atoms. The zero-order valence-electron chi connectivity index (χ0n) is 11.0. The van der Waals surface area contributed by atoms with Crippen molar-refractivity contribution in [2.45, 2.75) is 19.9 Å². The van der Waals surface area contributed by atoms with Crippen LogP contribution in [0.5, 0.6) is 0 Å². The van der Waals surface area contributed by atoms with E-state index in [9.17, 15) is 0 Å². The number of aryl methyl sites for hydroxylation is 1. The zero-order valence-corrected chi connectivity index (χ0v) is 11.0. The molecule has 2 aromatic heterocycles. The molecule has 1 unspecified atom stereocenters. The summed E-state index contributed by atoms with van der Waals surface area (Å²) in [7, 11) is 0. The Morgan fingerprint density at radius 3 is 2.63 bits per heavy atom. The Kier molecular flexibility index (Phi) is 2.71. The molecule has 96 valence electrons. The number of nitrogens with zero attached hydrogens (tertiary/aromatic N) is 3. The van der Waals surface area contributed by atoms with Crippen LogP contribution in [-0.4, -0.2) is 14.5 Å². The summed E-state index contributed by atoms with van der Waals surface area (Å²) < 4.78 is 2.04. The summed E-state index contributed by atoms with van der Waals surface area (Å²) in [5, 5.41) is 0. The molecule has 0 aliphatic rings. The largest absolute Gasteiger partial charge is 0.369 e. The van der Waals surface area contributed by atoms with Crippen LogP contribution in [0.15, 0.2) is 42.7 Å². The fraction of sp³-hybridized carbons (Fsp3) is 0.200. The van der Waals surface area contributed by atoms with Crippen LogP contribution in [0, 0.1) is 6.92 Å². The normalized spacial score (nSPS) is 12.7. The zero-order chi connectivity index (χ0) is 13.4. The van der Waals surface area contributed by atoms with Gasteiger partial charge in [-0.1, -0.05) is 29.8 Å². The van der Waals surface area contributed by atoms with Gasteiger partial charge >= 0.3 is 0 Å².